The number of carboxylic acid groups (broad SMARTS) is 1. The smallest absolute Gasteiger partial charge is 0.314 e. The van der Waals surface area contributed by atoms with E-state index < -0.39 is 23.3 Å². The first-order chi connectivity index (χ1) is 8.31. The number of nitrogens with two attached hydrogens (primary N) is 1. The normalized spacial score (nSPS) is 13.4. The van der Waals surface area contributed by atoms with Crippen molar-refractivity contribution in [2.75, 3.05) is 13.1 Å². The molecule has 3 amide bonds. The molecule has 1 atom stereocenters. The van der Waals surface area contributed by atoms with Gasteiger partial charge in [-0.25, -0.2) is 4.79 Å². The van der Waals surface area contributed by atoms with Crippen molar-refractivity contribution in [1.82, 2.24) is 10.6 Å². The van der Waals surface area contributed by atoms with Gasteiger partial charge in [0.05, 0.1) is 5.41 Å². The van der Waals surface area contributed by atoms with E-state index in [1.165, 1.54) is 0 Å². The van der Waals surface area contributed by atoms with Gasteiger partial charge >= 0.3 is 12.0 Å². The Morgan fingerprint density at radius 2 is 1.89 bits per heavy atom. The fraction of sp³-hybridized carbons (Fsp3) is 0.727. The molecule has 0 saturated carbocycles. The quantitative estimate of drug-likeness (QED) is 0.460. The van der Waals surface area contributed by atoms with Crippen LogP contribution in [0.1, 0.15) is 33.1 Å². The minimum Gasteiger partial charge on any atom is -0.481 e. The van der Waals surface area contributed by atoms with E-state index in [-0.39, 0.29) is 13.0 Å². The van der Waals surface area contributed by atoms with Crippen molar-refractivity contribution in [1.29, 1.82) is 0 Å². The van der Waals surface area contributed by atoms with Crippen molar-refractivity contribution in [3.8, 4) is 0 Å². The van der Waals surface area contributed by atoms with Gasteiger partial charge in [0.1, 0.15) is 0 Å². The number of carbonyl (C=O) groups excluding carboxylic acids is 2. The number of hydrogen-bond acceptors (Lipinski definition) is 3. The third-order valence-corrected chi connectivity index (χ3v) is 2.82. The zero-order valence-electron chi connectivity index (χ0n) is 10.8. The molecule has 7 heteroatoms. The Hall–Kier alpha value is -1.79. The minimum absolute atomic E-state index is 0.0560. The maximum Gasteiger partial charge on any atom is 0.314 e. The molecule has 0 aliphatic rings. The van der Waals surface area contributed by atoms with Gasteiger partial charge in [-0.15, -0.1) is 0 Å². The van der Waals surface area contributed by atoms with Crippen molar-refractivity contribution < 1.29 is 19.5 Å². The number of nitrogens with one attached hydrogen (secondary N) is 2. The summed E-state index contributed by atoms with van der Waals surface area (Å²) < 4.78 is 0. The molecular formula is C11H21N3O4. The second-order valence-corrected chi connectivity index (χ2v) is 4.40. The highest BCUT2D eigenvalue weighted by Gasteiger charge is 2.31. The summed E-state index contributed by atoms with van der Waals surface area (Å²) in [7, 11) is 0. The molecule has 7 nitrogen and oxygen atoms in total. The van der Waals surface area contributed by atoms with Crippen LogP contribution in [0.15, 0.2) is 0 Å². The number of hydrogen-bond donors (Lipinski definition) is 4. The lowest BCUT2D eigenvalue weighted by Gasteiger charge is -2.23. The van der Waals surface area contributed by atoms with Gasteiger partial charge in [-0.1, -0.05) is 6.92 Å². The third-order valence-electron chi connectivity index (χ3n) is 2.82. The number of carbonyl (C=O) groups is 3. The van der Waals surface area contributed by atoms with E-state index in [1.54, 1.807) is 13.8 Å². The second kappa shape index (κ2) is 7.52. The van der Waals surface area contributed by atoms with E-state index >= 15 is 0 Å². The van der Waals surface area contributed by atoms with Crippen LogP contribution in [-0.2, 0) is 9.59 Å². The molecule has 0 aromatic carbocycles. The maximum atomic E-state index is 11.3. The molecule has 0 aliphatic heterocycles. The Morgan fingerprint density at radius 3 is 2.33 bits per heavy atom. The van der Waals surface area contributed by atoms with Crippen LogP contribution in [0.3, 0.4) is 0 Å². The third kappa shape index (κ3) is 6.07. The van der Waals surface area contributed by atoms with Crippen LogP contribution in [0.5, 0.6) is 0 Å². The first-order valence-electron chi connectivity index (χ1n) is 5.85. The Balaban J connectivity index is 3.89. The van der Waals surface area contributed by atoms with E-state index in [0.29, 0.717) is 19.4 Å². The van der Waals surface area contributed by atoms with Gasteiger partial charge < -0.3 is 21.5 Å². The number of urea groups is 1. The van der Waals surface area contributed by atoms with Crippen molar-refractivity contribution in [2.45, 2.75) is 33.1 Å². The molecule has 0 spiro atoms. The lowest BCUT2D eigenvalue weighted by atomic mass is 9.88. The summed E-state index contributed by atoms with van der Waals surface area (Å²) in [6, 6.07) is -0.444. The zero-order valence-corrected chi connectivity index (χ0v) is 10.8. The predicted octanol–water partition coefficient (Wildman–Crippen LogP) is 0.0520. The average Bonchev–Trinajstić information content (AvgIpc) is 2.31. The predicted molar refractivity (Wildman–Crippen MR) is 65.9 cm³/mol. The Morgan fingerprint density at radius 1 is 1.28 bits per heavy atom. The van der Waals surface area contributed by atoms with Crippen LogP contribution in [-0.4, -0.2) is 36.1 Å². The molecule has 0 heterocycles. The summed E-state index contributed by atoms with van der Waals surface area (Å²) in [6.07, 6.45) is 1.10. The molecule has 0 fully saturated rings. The fourth-order valence-corrected chi connectivity index (χ4v) is 1.15. The van der Waals surface area contributed by atoms with E-state index in [4.69, 9.17) is 10.8 Å². The van der Waals surface area contributed by atoms with E-state index in [0.717, 1.165) is 0 Å². The lowest BCUT2D eigenvalue weighted by molar-refractivity contribution is -0.147. The molecule has 104 valence electrons. The molecular weight excluding hydrogens is 238 g/mol. The Kier molecular flexibility index (Phi) is 6.77. The highest BCUT2D eigenvalue weighted by atomic mass is 16.4. The van der Waals surface area contributed by atoms with Gasteiger partial charge in [0.15, 0.2) is 0 Å². The van der Waals surface area contributed by atoms with Crippen LogP contribution < -0.4 is 16.4 Å². The van der Waals surface area contributed by atoms with Gasteiger partial charge in [0, 0.05) is 19.5 Å². The molecule has 0 bridgehead atoms. The van der Waals surface area contributed by atoms with Crippen molar-refractivity contribution in [3.63, 3.8) is 0 Å². The van der Waals surface area contributed by atoms with Crippen molar-refractivity contribution in [2.24, 2.45) is 11.1 Å². The maximum absolute atomic E-state index is 11.3. The molecule has 0 saturated heterocycles. The summed E-state index contributed by atoms with van der Waals surface area (Å²) in [6.45, 7) is 3.70. The number of rotatable bonds is 8. The van der Waals surface area contributed by atoms with Crippen LogP contribution in [0.25, 0.3) is 0 Å². The fourth-order valence-electron chi connectivity index (χ4n) is 1.15. The second-order valence-electron chi connectivity index (χ2n) is 4.40. The number of aliphatic carboxylic acids is 1. The highest BCUT2D eigenvalue weighted by molar-refractivity contribution is 5.78. The van der Waals surface area contributed by atoms with Crippen LogP contribution in [0, 0.1) is 5.41 Å². The monoisotopic (exact) mass is 259 g/mol. The zero-order chi connectivity index (χ0) is 14.2. The first-order valence-corrected chi connectivity index (χ1v) is 5.85. The van der Waals surface area contributed by atoms with Crippen molar-refractivity contribution in [3.05, 3.63) is 0 Å². The molecule has 0 rings (SSSR count). The number of primary amides is 1. The largest absolute Gasteiger partial charge is 0.481 e. The van der Waals surface area contributed by atoms with Gasteiger partial charge in [0.2, 0.25) is 5.91 Å². The average molecular weight is 259 g/mol. The van der Waals surface area contributed by atoms with Gasteiger partial charge in [-0.3, -0.25) is 9.59 Å². The lowest BCUT2D eigenvalue weighted by Crippen LogP contribution is -2.44. The molecule has 0 aliphatic carbocycles. The molecule has 0 radical (unpaired) electrons. The summed E-state index contributed by atoms with van der Waals surface area (Å²) in [5, 5.41) is 14.0. The highest BCUT2D eigenvalue weighted by Crippen LogP contribution is 2.19. The van der Waals surface area contributed by atoms with Gasteiger partial charge in [-0.2, -0.15) is 0 Å². The standard InChI is InChI=1S/C11H21N3O4/c1-3-11(2,9(16)17)7-14-10(18)13-6-4-5-8(12)15/h3-7H2,1-2H3,(H2,12,15)(H,16,17)(H2,13,14,18). The first kappa shape index (κ1) is 16.2. The topological polar surface area (TPSA) is 122 Å². The molecule has 5 N–H and O–H groups in total. The van der Waals surface area contributed by atoms with E-state index in [2.05, 4.69) is 10.6 Å². The summed E-state index contributed by atoms with van der Waals surface area (Å²) in [4.78, 5) is 32.8. The van der Waals surface area contributed by atoms with E-state index in [1.807, 2.05) is 0 Å². The number of carboxylic acids is 1. The van der Waals surface area contributed by atoms with Crippen LogP contribution in [0.4, 0.5) is 4.79 Å². The van der Waals surface area contributed by atoms with Gasteiger partial charge in [0.25, 0.3) is 0 Å². The molecule has 0 aromatic rings. The molecule has 18 heavy (non-hydrogen) atoms. The van der Waals surface area contributed by atoms with Crippen molar-refractivity contribution >= 4 is 17.9 Å². The Bertz CT molecular complexity index is 319. The summed E-state index contributed by atoms with van der Waals surface area (Å²) in [5.41, 5.74) is 3.98. The summed E-state index contributed by atoms with van der Waals surface area (Å²) >= 11 is 0. The van der Waals surface area contributed by atoms with Crippen LogP contribution in [0.2, 0.25) is 0 Å². The molecule has 1 unspecified atom stereocenters. The van der Waals surface area contributed by atoms with E-state index in [9.17, 15) is 14.4 Å². The van der Waals surface area contributed by atoms with Crippen LogP contribution >= 0.6 is 0 Å². The molecule has 0 aromatic heterocycles. The minimum atomic E-state index is -0.968. The SMILES string of the molecule is CCC(C)(CNC(=O)NCCCC(N)=O)C(=O)O. The number of amides is 3. The Labute approximate surface area is 106 Å². The van der Waals surface area contributed by atoms with Gasteiger partial charge in [-0.05, 0) is 19.8 Å². The summed E-state index contributed by atoms with van der Waals surface area (Å²) in [5.74, 6) is -1.36.